The third-order valence-electron chi connectivity index (χ3n) is 0.0931. The summed E-state index contributed by atoms with van der Waals surface area (Å²) in [6, 6.07) is -0.730. The van der Waals surface area contributed by atoms with E-state index in [4.69, 9.17) is 4.79 Å². The van der Waals surface area contributed by atoms with Crippen molar-refractivity contribution in [3.05, 3.63) is 0 Å². The van der Waals surface area contributed by atoms with E-state index in [0.717, 1.165) is 0 Å². The second-order valence-corrected chi connectivity index (χ2v) is 1.75. The molecule has 0 unspecified atom stereocenters. The average Bonchev–Trinajstić information content (AvgIpc) is 1.65. The molecule has 0 spiro atoms. The molecule has 4 nitrogen and oxygen atoms in total. The van der Waals surface area contributed by atoms with Crippen molar-refractivity contribution in [2.75, 3.05) is 0 Å². The number of hydrogen-bond donors (Lipinski definition) is 2. The first-order valence-electron chi connectivity index (χ1n) is 1.51. The second kappa shape index (κ2) is 7.81. The maximum atomic E-state index is 9.35. The molecule has 0 radical (unpaired) electrons. The molecule has 0 aromatic carbocycles. The van der Waals surface area contributed by atoms with Gasteiger partial charge in [0.15, 0.2) is 0 Å². The fourth-order valence-corrected chi connectivity index (χ4v) is 0. The predicted octanol–water partition coefficient (Wildman–Crippen LogP) is 1.39. The number of carbonyl (C=O) groups is 2. The lowest BCUT2D eigenvalue weighted by molar-refractivity contribution is 0.254. The minimum Gasteiger partial charge on any atom is -0.351 e. The summed E-state index contributed by atoms with van der Waals surface area (Å²) in [6.45, 7) is 0. The molecular weight excluding hydrogens is 190 g/mol. The molecule has 0 rings (SSSR count). The third kappa shape index (κ3) is 80.5. The molecule has 0 bridgehead atoms. The lowest BCUT2D eigenvalue weighted by Gasteiger charge is -1.76. The van der Waals surface area contributed by atoms with Gasteiger partial charge in [-0.3, -0.25) is 9.63 Å². The van der Waals surface area contributed by atoms with E-state index in [-0.39, 0.29) is 0 Å². The van der Waals surface area contributed by atoms with E-state index in [9.17, 15) is 4.79 Å². The molecule has 0 aliphatic carbocycles. The first-order valence-corrected chi connectivity index (χ1v) is 2.65. The van der Waals surface area contributed by atoms with E-state index in [1.807, 2.05) is 0 Å². The lowest BCUT2D eigenvalue weighted by Crippen LogP contribution is -2.19. The van der Waals surface area contributed by atoms with Gasteiger partial charge in [-0.2, -0.15) is 0 Å². The summed E-state index contributed by atoms with van der Waals surface area (Å²) in [5, 5.41) is 0. The smallest absolute Gasteiger partial charge is 0.326 e. The van der Waals surface area contributed by atoms with Gasteiger partial charge >= 0.3 is 10.7 Å². The number of urea groups is 1. The Hall–Kier alpha value is -0.190. The first kappa shape index (κ1) is 11.6. The van der Waals surface area contributed by atoms with Gasteiger partial charge in [-0.15, -0.1) is 0 Å². The average molecular weight is 193 g/mol. The summed E-state index contributed by atoms with van der Waals surface area (Å²) in [4.78, 5) is 20.0. The van der Waals surface area contributed by atoms with Crippen molar-refractivity contribution in [1.82, 2.24) is 4.84 Å². The molecule has 3 N–H and O–H groups in total. The zero-order valence-corrected chi connectivity index (χ0v) is 6.30. The molecule has 0 atom stereocenters. The van der Waals surface area contributed by atoms with Crippen molar-refractivity contribution in [1.29, 1.82) is 0 Å². The summed E-state index contributed by atoms with van der Waals surface area (Å²) in [7, 11) is 0. The Bertz CT molecular complexity index is 102. The number of hydrogen-bond acceptors (Lipinski definition) is 2. The number of halogens is 3. The summed E-state index contributed by atoms with van der Waals surface area (Å²) >= 11 is 13.4. The van der Waals surface area contributed by atoms with Gasteiger partial charge in [0.05, 0.1) is 0 Å². The van der Waals surface area contributed by atoms with Crippen molar-refractivity contribution in [2.24, 2.45) is 5.73 Å². The quantitative estimate of drug-likeness (QED) is 0.451. The molecule has 7 heteroatoms. The maximum Gasteiger partial charge on any atom is 0.326 e. The van der Waals surface area contributed by atoms with Crippen LogP contribution in [0.3, 0.4) is 0 Å². The molecule has 0 fully saturated rings. The van der Waals surface area contributed by atoms with E-state index in [1.54, 1.807) is 4.84 Å². The van der Waals surface area contributed by atoms with Gasteiger partial charge in [0, 0.05) is 11.8 Å². The number of primary amides is 1. The van der Waals surface area contributed by atoms with Crippen molar-refractivity contribution in [3.63, 3.8) is 0 Å². The highest BCUT2D eigenvalue weighted by Gasteiger charge is 1.75. The van der Waals surface area contributed by atoms with Crippen LogP contribution in [-0.4, -0.2) is 10.7 Å². The molecule has 0 aromatic heterocycles. The van der Waals surface area contributed by atoms with Crippen molar-refractivity contribution < 1.29 is 9.59 Å². The van der Waals surface area contributed by atoms with Gasteiger partial charge in [0.1, 0.15) is 0 Å². The monoisotopic (exact) mass is 192 g/mol. The molecular formula is C2H3Cl3N2O2. The minimum absolute atomic E-state index is 0.730. The maximum absolute atomic E-state index is 9.35. The zero-order chi connectivity index (χ0) is 7.86. The minimum atomic E-state index is -0.889. The molecule has 0 saturated carbocycles. The Labute approximate surface area is 66.3 Å². The van der Waals surface area contributed by atoms with Gasteiger partial charge in [0.2, 0.25) is 0 Å². The number of carbonyl (C=O) groups excluding carboxylic acids is 2. The zero-order valence-electron chi connectivity index (χ0n) is 4.03. The summed E-state index contributed by atoms with van der Waals surface area (Å²) in [5.41, 5.74) is 4.41. The van der Waals surface area contributed by atoms with Crippen LogP contribution >= 0.6 is 35.0 Å². The van der Waals surface area contributed by atoms with Crippen molar-refractivity contribution >= 4 is 45.7 Å². The fourth-order valence-electron chi connectivity index (χ4n) is 0. The van der Waals surface area contributed by atoms with E-state index >= 15 is 0 Å². The Balaban J connectivity index is 0. The van der Waals surface area contributed by atoms with Crippen LogP contribution in [0.25, 0.3) is 0 Å². The molecule has 54 valence electrons. The van der Waals surface area contributed by atoms with Gasteiger partial charge in [-0.05, 0) is 23.2 Å². The largest absolute Gasteiger partial charge is 0.351 e. The Morgan fingerprint density at radius 2 is 1.44 bits per heavy atom. The van der Waals surface area contributed by atoms with Crippen LogP contribution in [0.5, 0.6) is 0 Å². The van der Waals surface area contributed by atoms with Crippen LogP contribution in [0.1, 0.15) is 0 Å². The number of rotatable bonds is 0. The van der Waals surface area contributed by atoms with Crippen LogP contribution in [0.4, 0.5) is 9.59 Å². The van der Waals surface area contributed by atoms with Gasteiger partial charge < -0.3 is 5.73 Å². The number of nitrogens with one attached hydrogen (secondary N) is 1. The van der Waals surface area contributed by atoms with E-state index in [0.29, 0.717) is 0 Å². The van der Waals surface area contributed by atoms with E-state index in [2.05, 4.69) is 40.7 Å². The summed E-state index contributed by atoms with van der Waals surface area (Å²) in [6.07, 6.45) is 0. The number of nitrogens with two attached hydrogens (primary N) is 1. The molecule has 0 heterocycles. The normalized spacial score (nSPS) is 6.56. The summed E-state index contributed by atoms with van der Waals surface area (Å²) in [5.74, 6) is 0. The molecule has 0 aliphatic heterocycles. The van der Waals surface area contributed by atoms with Crippen LogP contribution in [-0.2, 0) is 0 Å². The predicted molar refractivity (Wildman–Crippen MR) is 35.7 cm³/mol. The molecule has 0 saturated heterocycles. The standard InChI is InChI=1S/CCl2O.CH3ClN2O/c2-1(3)4;2-4-1(3)5/h;(H3,3,4,5). The third-order valence-corrected chi connectivity index (χ3v) is 0.279. The highest BCUT2D eigenvalue weighted by atomic mass is 35.5. The van der Waals surface area contributed by atoms with Crippen LogP contribution in [0.2, 0.25) is 0 Å². The van der Waals surface area contributed by atoms with Crippen LogP contribution in [0, 0.1) is 0 Å². The Morgan fingerprint density at radius 1 is 1.33 bits per heavy atom. The Morgan fingerprint density at radius 3 is 1.44 bits per heavy atom. The van der Waals surface area contributed by atoms with Crippen LogP contribution in [0.15, 0.2) is 0 Å². The van der Waals surface area contributed by atoms with E-state index in [1.165, 1.54) is 0 Å². The molecule has 0 aromatic rings. The topological polar surface area (TPSA) is 72.2 Å². The van der Waals surface area contributed by atoms with Gasteiger partial charge in [-0.25, -0.2) is 4.79 Å². The highest BCUT2D eigenvalue weighted by molar-refractivity contribution is 6.93. The highest BCUT2D eigenvalue weighted by Crippen LogP contribution is 1.84. The molecule has 9 heavy (non-hydrogen) atoms. The molecule has 2 amide bonds. The van der Waals surface area contributed by atoms with Crippen molar-refractivity contribution in [2.45, 2.75) is 0 Å². The summed E-state index contributed by atoms with van der Waals surface area (Å²) < 4.78 is -0.889. The fraction of sp³-hybridized carbons (Fsp3) is 0. The molecule has 0 aliphatic rings. The van der Waals surface area contributed by atoms with Crippen LogP contribution < -0.4 is 10.6 Å². The van der Waals surface area contributed by atoms with Gasteiger partial charge in [0.25, 0.3) is 0 Å². The lowest BCUT2D eigenvalue weighted by atomic mass is 11.2. The second-order valence-electron chi connectivity index (χ2n) is 0.684. The van der Waals surface area contributed by atoms with Gasteiger partial charge in [-0.1, -0.05) is 0 Å². The SMILES string of the molecule is NC(=O)NCl.O=C(Cl)Cl. The Kier molecular flexibility index (Phi) is 10.1. The van der Waals surface area contributed by atoms with Crippen molar-refractivity contribution in [3.8, 4) is 0 Å². The van der Waals surface area contributed by atoms with E-state index < -0.39 is 10.7 Å². The first-order chi connectivity index (χ1) is 4.00. The number of amides is 2.